The van der Waals surface area contributed by atoms with E-state index in [1.165, 1.54) is 24.0 Å². The van der Waals surface area contributed by atoms with Crippen LogP contribution in [-0.4, -0.2) is 97.5 Å². The van der Waals surface area contributed by atoms with Gasteiger partial charge in [-0.1, -0.05) is 29.8 Å². The van der Waals surface area contributed by atoms with Crippen LogP contribution in [0.3, 0.4) is 0 Å². The highest BCUT2D eigenvalue weighted by Gasteiger charge is 2.25. The highest BCUT2D eigenvalue weighted by atomic mass is 16.5. The van der Waals surface area contributed by atoms with Gasteiger partial charge in [-0.3, -0.25) is 9.69 Å². The van der Waals surface area contributed by atoms with Gasteiger partial charge in [-0.05, 0) is 43.9 Å². The third-order valence-electron chi connectivity index (χ3n) is 7.48. The lowest BCUT2D eigenvalue weighted by atomic mass is 10.1. The summed E-state index contributed by atoms with van der Waals surface area (Å²) in [6, 6.07) is 12.6. The van der Waals surface area contributed by atoms with Crippen LogP contribution in [-0.2, 0) is 16.0 Å². The minimum absolute atomic E-state index is 0.242. The van der Waals surface area contributed by atoms with Crippen LogP contribution in [0.15, 0.2) is 36.4 Å². The molecule has 0 saturated carbocycles. The maximum atomic E-state index is 12.7. The Balaban J connectivity index is 1.05. The lowest BCUT2D eigenvalue weighted by molar-refractivity contribution is -0.131. The first-order valence-corrected chi connectivity index (χ1v) is 13.1. The summed E-state index contributed by atoms with van der Waals surface area (Å²) in [5.41, 5.74) is 2.48. The number of carbonyl (C=O) groups is 1. The molecule has 0 spiro atoms. The smallest absolute Gasteiger partial charge is 0.223 e. The zero-order chi connectivity index (χ0) is 24.0. The number of piperazine rings is 2. The number of aryl methyl sites for hydroxylation is 2. The Morgan fingerprint density at radius 3 is 2.23 bits per heavy atom. The molecule has 1 unspecified atom stereocenters. The Bertz CT molecular complexity index is 962. The highest BCUT2D eigenvalue weighted by molar-refractivity contribution is 5.76. The number of rotatable bonds is 7. The predicted molar refractivity (Wildman–Crippen MR) is 138 cm³/mol. The van der Waals surface area contributed by atoms with Gasteiger partial charge >= 0.3 is 0 Å². The van der Waals surface area contributed by atoms with E-state index in [4.69, 9.17) is 4.74 Å². The van der Waals surface area contributed by atoms with Gasteiger partial charge in [0.05, 0.1) is 6.10 Å². The molecule has 0 aliphatic carbocycles. The lowest BCUT2D eigenvalue weighted by Gasteiger charge is -2.37. The topological polar surface area (TPSA) is 65.0 Å². The molecule has 3 fully saturated rings. The molecule has 3 aliphatic heterocycles. The van der Waals surface area contributed by atoms with E-state index in [1.54, 1.807) is 0 Å². The lowest BCUT2D eigenvalue weighted by Crippen LogP contribution is -2.49. The van der Waals surface area contributed by atoms with E-state index < -0.39 is 0 Å². The number of carbonyl (C=O) groups excluding carboxylic acids is 1. The third-order valence-corrected chi connectivity index (χ3v) is 7.48. The zero-order valence-corrected chi connectivity index (χ0v) is 20.9. The van der Waals surface area contributed by atoms with Crippen molar-refractivity contribution in [2.75, 3.05) is 75.3 Å². The van der Waals surface area contributed by atoms with Crippen LogP contribution < -0.4 is 9.80 Å². The van der Waals surface area contributed by atoms with Crippen LogP contribution >= 0.6 is 0 Å². The Hall–Kier alpha value is -2.71. The molecule has 188 valence electrons. The summed E-state index contributed by atoms with van der Waals surface area (Å²) in [4.78, 5) is 21.8. The summed E-state index contributed by atoms with van der Waals surface area (Å²) in [6.45, 7) is 11.2. The Morgan fingerprint density at radius 2 is 1.63 bits per heavy atom. The third kappa shape index (κ3) is 6.30. The van der Waals surface area contributed by atoms with Crippen molar-refractivity contribution in [1.29, 1.82) is 0 Å². The molecule has 3 aliphatic rings. The number of benzene rings is 1. The molecule has 5 rings (SSSR count). The van der Waals surface area contributed by atoms with Crippen molar-refractivity contribution in [3.8, 4) is 0 Å². The van der Waals surface area contributed by atoms with E-state index in [-0.39, 0.29) is 5.91 Å². The molecule has 35 heavy (non-hydrogen) atoms. The van der Waals surface area contributed by atoms with Crippen LogP contribution in [0.4, 0.5) is 11.6 Å². The molecule has 1 atom stereocenters. The standard InChI is InChI=1S/C27H38N6O2/c1-22-4-2-5-23(20-22)7-10-27(34)33-17-15-32(16-18-33)26-9-8-25(28-29-26)31-13-11-30(12-14-31)21-24-6-3-19-35-24/h2,4-5,8-9,20,24H,3,6-7,10-19,21H2,1H3. The average Bonchev–Trinajstić information content (AvgIpc) is 3.41. The van der Waals surface area contributed by atoms with Crippen LogP contribution in [0.5, 0.6) is 0 Å². The Labute approximate surface area is 208 Å². The van der Waals surface area contributed by atoms with Crippen LogP contribution in [0.1, 0.15) is 30.4 Å². The normalized spacial score (nSPS) is 21.5. The Morgan fingerprint density at radius 1 is 0.943 bits per heavy atom. The number of nitrogens with zero attached hydrogens (tertiary/aromatic N) is 6. The van der Waals surface area contributed by atoms with Gasteiger partial charge in [0.1, 0.15) is 0 Å². The first kappa shape index (κ1) is 24.0. The van der Waals surface area contributed by atoms with Crippen molar-refractivity contribution in [3.05, 3.63) is 47.5 Å². The number of ether oxygens (including phenoxy) is 1. The quantitative estimate of drug-likeness (QED) is 0.605. The molecule has 1 aromatic carbocycles. The second-order valence-corrected chi connectivity index (χ2v) is 10.0. The molecule has 0 N–H and O–H groups in total. The fourth-order valence-corrected chi connectivity index (χ4v) is 5.35. The molecule has 8 heteroatoms. The second-order valence-electron chi connectivity index (χ2n) is 10.0. The SMILES string of the molecule is Cc1cccc(CCC(=O)N2CCN(c3ccc(N4CCN(CC5CCCO5)CC4)nn3)CC2)c1. The summed E-state index contributed by atoms with van der Waals surface area (Å²) in [6.07, 6.45) is 4.19. The number of amides is 1. The summed E-state index contributed by atoms with van der Waals surface area (Å²) in [5, 5.41) is 9.07. The number of anilines is 2. The first-order valence-electron chi connectivity index (χ1n) is 13.1. The van der Waals surface area contributed by atoms with E-state index >= 15 is 0 Å². The van der Waals surface area contributed by atoms with Gasteiger partial charge in [-0.2, -0.15) is 0 Å². The minimum atomic E-state index is 0.242. The van der Waals surface area contributed by atoms with Crippen molar-refractivity contribution in [1.82, 2.24) is 20.0 Å². The van der Waals surface area contributed by atoms with Gasteiger partial charge in [-0.25, -0.2) is 0 Å². The van der Waals surface area contributed by atoms with Crippen molar-refractivity contribution < 1.29 is 9.53 Å². The summed E-state index contributed by atoms with van der Waals surface area (Å²) in [5.74, 6) is 2.10. The average molecular weight is 479 g/mol. The van der Waals surface area contributed by atoms with Crippen LogP contribution in [0, 0.1) is 6.92 Å². The first-order chi connectivity index (χ1) is 17.1. The van der Waals surface area contributed by atoms with Crippen molar-refractivity contribution in [2.24, 2.45) is 0 Å². The molecule has 2 aromatic rings. The predicted octanol–water partition coefficient (Wildman–Crippen LogP) is 2.37. The molecular weight excluding hydrogens is 440 g/mol. The van der Waals surface area contributed by atoms with E-state index in [2.05, 4.69) is 68.2 Å². The maximum absolute atomic E-state index is 12.7. The van der Waals surface area contributed by atoms with Gasteiger partial charge < -0.3 is 19.4 Å². The van der Waals surface area contributed by atoms with Gasteiger partial charge in [-0.15, -0.1) is 10.2 Å². The molecule has 0 bridgehead atoms. The molecule has 0 radical (unpaired) electrons. The summed E-state index contributed by atoms with van der Waals surface area (Å²) in [7, 11) is 0. The molecule has 1 aromatic heterocycles. The largest absolute Gasteiger partial charge is 0.377 e. The fourth-order valence-electron chi connectivity index (χ4n) is 5.35. The number of hydrogen-bond donors (Lipinski definition) is 0. The highest BCUT2D eigenvalue weighted by Crippen LogP contribution is 2.20. The van der Waals surface area contributed by atoms with Crippen molar-refractivity contribution in [3.63, 3.8) is 0 Å². The van der Waals surface area contributed by atoms with Crippen molar-refractivity contribution >= 4 is 17.5 Å². The van der Waals surface area contributed by atoms with Gasteiger partial charge in [0.15, 0.2) is 11.6 Å². The molecule has 1 amide bonds. The molecule has 4 heterocycles. The van der Waals surface area contributed by atoms with E-state index in [0.717, 1.165) is 83.6 Å². The van der Waals surface area contributed by atoms with Crippen LogP contribution in [0.25, 0.3) is 0 Å². The van der Waals surface area contributed by atoms with Gasteiger partial charge in [0.2, 0.25) is 5.91 Å². The van der Waals surface area contributed by atoms with Crippen LogP contribution in [0.2, 0.25) is 0 Å². The van der Waals surface area contributed by atoms with Gasteiger partial charge in [0.25, 0.3) is 0 Å². The number of hydrogen-bond acceptors (Lipinski definition) is 7. The fraction of sp³-hybridized carbons (Fsp3) is 0.593. The molecular formula is C27H38N6O2. The van der Waals surface area contributed by atoms with E-state index in [0.29, 0.717) is 12.5 Å². The van der Waals surface area contributed by atoms with E-state index in [9.17, 15) is 4.79 Å². The minimum Gasteiger partial charge on any atom is -0.377 e. The monoisotopic (exact) mass is 478 g/mol. The molecule has 8 nitrogen and oxygen atoms in total. The Kier molecular flexibility index (Phi) is 7.79. The van der Waals surface area contributed by atoms with Gasteiger partial charge in [0, 0.05) is 71.9 Å². The second kappa shape index (κ2) is 11.4. The summed E-state index contributed by atoms with van der Waals surface area (Å²) >= 11 is 0. The van der Waals surface area contributed by atoms with Crippen molar-refractivity contribution in [2.45, 2.75) is 38.7 Å². The molecule has 3 saturated heterocycles. The number of aromatic nitrogens is 2. The van der Waals surface area contributed by atoms with E-state index in [1.807, 2.05) is 4.90 Å². The zero-order valence-electron chi connectivity index (χ0n) is 20.9. The maximum Gasteiger partial charge on any atom is 0.223 e. The summed E-state index contributed by atoms with van der Waals surface area (Å²) < 4.78 is 5.79.